The average Bonchev–Trinajstić information content (AvgIpc) is 2.25. The van der Waals surface area contributed by atoms with Crippen LogP contribution in [-0.4, -0.2) is 23.8 Å². The molecule has 2 N–H and O–H groups in total. The number of carbonyl (C=O) groups excluding carboxylic acids is 1. The Morgan fingerprint density at radius 1 is 1.21 bits per heavy atom. The summed E-state index contributed by atoms with van der Waals surface area (Å²) in [6.07, 6.45) is 3.50. The Balaban J connectivity index is 2.23. The van der Waals surface area contributed by atoms with Crippen LogP contribution in [0.1, 0.15) is 53.4 Å². The Morgan fingerprint density at radius 3 is 2.26 bits per heavy atom. The number of allylic oxidation sites excluding steroid dienone is 1. The molecular formula is C14H26N2O3. The van der Waals surface area contributed by atoms with Crippen LogP contribution in [-0.2, 0) is 9.57 Å². The van der Waals surface area contributed by atoms with Crippen molar-refractivity contribution in [3.05, 3.63) is 12.3 Å². The molecule has 0 aromatic rings. The van der Waals surface area contributed by atoms with E-state index in [4.69, 9.17) is 9.57 Å². The summed E-state index contributed by atoms with van der Waals surface area (Å²) in [7, 11) is 0. The number of hydroxylamine groups is 1. The first-order valence-electron chi connectivity index (χ1n) is 6.83. The fraction of sp³-hybridized carbons (Fsp3) is 0.786. The molecule has 0 bridgehead atoms. The summed E-state index contributed by atoms with van der Waals surface area (Å²) in [6.45, 7) is 11.2. The van der Waals surface area contributed by atoms with Crippen LogP contribution in [0.3, 0.4) is 0 Å². The molecule has 1 saturated carbocycles. The van der Waals surface area contributed by atoms with E-state index >= 15 is 0 Å². The largest absolute Gasteiger partial charge is 0.444 e. The van der Waals surface area contributed by atoms with Crippen molar-refractivity contribution in [2.45, 2.75) is 71.1 Å². The third kappa shape index (κ3) is 7.06. The Labute approximate surface area is 115 Å². The summed E-state index contributed by atoms with van der Waals surface area (Å²) in [4.78, 5) is 17.1. The van der Waals surface area contributed by atoms with Gasteiger partial charge >= 0.3 is 6.09 Å². The predicted octanol–water partition coefficient (Wildman–Crippen LogP) is 2.88. The highest BCUT2D eigenvalue weighted by atomic mass is 16.7. The van der Waals surface area contributed by atoms with Gasteiger partial charge in [0.25, 0.3) is 0 Å². The standard InChI is InChI=1S/C14H26N2O3/c1-10(2)16-19-12-8-6-11(7-9-12)15-13(17)18-14(3,4)5/h11-12,16H,1,6-9H2,2-5H3,(H,15,17). The quantitative estimate of drug-likeness (QED) is 0.771. The van der Waals surface area contributed by atoms with Gasteiger partial charge in [0.15, 0.2) is 0 Å². The number of rotatable bonds is 4. The first-order valence-corrected chi connectivity index (χ1v) is 6.83. The van der Waals surface area contributed by atoms with Gasteiger partial charge in [-0.1, -0.05) is 6.58 Å². The van der Waals surface area contributed by atoms with Crippen LogP contribution >= 0.6 is 0 Å². The first kappa shape index (κ1) is 15.8. The van der Waals surface area contributed by atoms with Gasteiger partial charge in [0.05, 0.1) is 6.10 Å². The molecule has 110 valence electrons. The van der Waals surface area contributed by atoms with E-state index in [-0.39, 0.29) is 18.2 Å². The maximum Gasteiger partial charge on any atom is 0.407 e. The summed E-state index contributed by atoms with van der Waals surface area (Å²) < 4.78 is 5.24. The lowest BCUT2D eigenvalue weighted by Gasteiger charge is -2.29. The van der Waals surface area contributed by atoms with Crippen molar-refractivity contribution >= 4 is 6.09 Å². The predicted molar refractivity (Wildman–Crippen MR) is 74.4 cm³/mol. The lowest BCUT2D eigenvalue weighted by molar-refractivity contribution is -0.0308. The molecule has 0 aromatic heterocycles. The minimum atomic E-state index is -0.449. The zero-order valence-electron chi connectivity index (χ0n) is 12.4. The van der Waals surface area contributed by atoms with Gasteiger partial charge in [0, 0.05) is 11.7 Å². The van der Waals surface area contributed by atoms with Gasteiger partial charge in [-0.15, -0.1) is 0 Å². The maximum atomic E-state index is 11.6. The molecule has 1 aliphatic carbocycles. The fourth-order valence-corrected chi connectivity index (χ4v) is 1.98. The number of hydrogen-bond donors (Lipinski definition) is 2. The zero-order valence-corrected chi connectivity index (χ0v) is 12.4. The molecule has 0 aliphatic heterocycles. The van der Waals surface area contributed by atoms with E-state index in [0.717, 1.165) is 31.4 Å². The minimum Gasteiger partial charge on any atom is -0.444 e. The molecule has 0 unspecified atom stereocenters. The third-order valence-corrected chi connectivity index (χ3v) is 2.79. The van der Waals surface area contributed by atoms with Crippen LogP contribution in [0.5, 0.6) is 0 Å². The van der Waals surface area contributed by atoms with Gasteiger partial charge in [0.2, 0.25) is 0 Å². The van der Waals surface area contributed by atoms with E-state index in [2.05, 4.69) is 17.4 Å². The second kappa shape index (κ2) is 6.80. The summed E-state index contributed by atoms with van der Waals surface area (Å²) in [5, 5.41) is 2.91. The zero-order chi connectivity index (χ0) is 14.5. The van der Waals surface area contributed by atoms with Crippen molar-refractivity contribution in [3.8, 4) is 0 Å². The minimum absolute atomic E-state index is 0.180. The third-order valence-electron chi connectivity index (χ3n) is 2.79. The molecule has 1 rings (SSSR count). The number of amides is 1. The highest BCUT2D eigenvalue weighted by Crippen LogP contribution is 2.21. The van der Waals surface area contributed by atoms with E-state index in [1.807, 2.05) is 27.7 Å². The molecule has 0 atom stereocenters. The van der Waals surface area contributed by atoms with Crippen molar-refractivity contribution in [2.24, 2.45) is 0 Å². The Hall–Kier alpha value is -1.23. The van der Waals surface area contributed by atoms with Crippen LogP contribution in [0.2, 0.25) is 0 Å². The van der Waals surface area contributed by atoms with Crippen LogP contribution < -0.4 is 10.8 Å². The molecule has 0 radical (unpaired) electrons. The van der Waals surface area contributed by atoms with Crippen LogP contribution in [0, 0.1) is 0 Å². The number of carbonyl (C=O) groups is 1. The molecule has 0 heterocycles. The molecule has 5 nitrogen and oxygen atoms in total. The van der Waals surface area contributed by atoms with Gasteiger partial charge < -0.3 is 10.1 Å². The Morgan fingerprint density at radius 2 is 1.79 bits per heavy atom. The molecular weight excluding hydrogens is 244 g/mol. The average molecular weight is 270 g/mol. The Bertz CT molecular complexity index is 315. The van der Waals surface area contributed by atoms with Crippen molar-refractivity contribution in [3.63, 3.8) is 0 Å². The fourth-order valence-electron chi connectivity index (χ4n) is 1.98. The van der Waals surface area contributed by atoms with E-state index in [9.17, 15) is 4.79 Å². The SMILES string of the molecule is C=C(C)NOC1CCC(NC(=O)OC(C)(C)C)CC1. The molecule has 1 fully saturated rings. The monoisotopic (exact) mass is 270 g/mol. The van der Waals surface area contributed by atoms with E-state index < -0.39 is 5.60 Å². The number of nitrogens with one attached hydrogen (secondary N) is 2. The van der Waals surface area contributed by atoms with E-state index in [0.29, 0.717) is 0 Å². The molecule has 5 heteroatoms. The highest BCUT2D eigenvalue weighted by molar-refractivity contribution is 5.68. The first-order chi connectivity index (χ1) is 8.76. The van der Waals surface area contributed by atoms with E-state index in [1.54, 1.807) is 0 Å². The second-order valence-electron chi connectivity index (χ2n) is 6.12. The molecule has 1 amide bonds. The molecule has 1 aliphatic rings. The van der Waals surface area contributed by atoms with Crippen LogP contribution in [0.4, 0.5) is 4.79 Å². The second-order valence-corrected chi connectivity index (χ2v) is 6.12. The van der Waals surface area contributed by atoms with Crippen molar-refractivity contribution in [1.29, 1.82) is 0 Å². The molecule has 0 aromatic carbocycles. The molecule has 0 spiro atoms. The number of hydrogen-bond acceptors (Lipinski definition) is 4. The lowest BCUT2D eigenvalue weighted by Crippen LogP contribution is -2.42. The highest BCUT2D eigenvalue weighted by Gasteiger charge is 2.25. The van der Waals surface area contributed by atoms with Gasteiger partial charge in [-0.25, -0.2) is 4.79 Å². The lowest BCUT2D eigenvalue weighted by atomic mass is 9.93. The summed E-state index contributed by atoms with van der Waals surface area (Å²) in [5.74, 6) is 0. The Kier molecular flexibility index (Phi) is 5.66. The van der Waals surface area contributed by atoms with Crippen molar-refractivity contribution < 1.29 is 14.4 Å². The normalized spacial score (nSPS) is 23.6. The van der Waals surface area contributed by atoms with Gasteiger partial charge in [-0.2, -0.15) is 0 Å². The molecule has 0 saturated heterocycles. The van der Waals surface area contributed by atoms with E-state index in [1.165, 1.54) is 0 Å². The molecule has 19 heavy (non-hydrogen) atoms. The summed E-state index contributed by atoms with van der Waals surface area (Å²) >= 11 is 0. The smallest absolute Gasteiger partial charge is 0.407 e. The maximum absolute atomic E-state index is 11.6. The van der Waals surface area contributed by atoms with Crippen LogP contribution in [0.15, 0.2) is 12.3 Å². The topological polar surface area (TPSA) is 59.6 Å². The van der Waals surface area contributed by atoms with Gasteiger partial charge in [-0.3, -0.25) is 10.3 Å². The van der Waals surface area contributed by atoms with Gasteiger partial charge in [0.1, 0.15) is 5.60 Å². The van der Waals surface area contributed by atoms with Crippen molar-refractivity contribution in [2.75, 3.05) is 0 Å². The number of alkyl carbamates (subject to hydrolysis) is 1. The van der Waals surface area contributed by atoms with Crippen LogP contribution in [0.25, 0.3) is 0 Å². The van der Waals surface area contributed by atoms with Crippen molar-refractivity contribution in [1.82, 2.24) is 10.8 Å². The number of ether oxygens (including phenoxy) is 1. The summed E-state index contributed by atoms with van der Waals surface area (Å²) in [5.41, 5.74) is 3.15. The summed E-state index contributed by atoms with van der Waals surface area (Å²) in [6, 6.07) is 0.180. The van der Waals surface area contributed by atoms with Gasteiger partial charge in [-0.05, 0) is 53.4 Å².